The molecule has 4 heteroatoms. The fourth-order valence-corrected chi connectivity index (χ4v) is 3.03. The van der Waals surface area contributed by atoms with Crippen molar-refractivity contribution in [1.29, 1.82) is 0 Å². The molecule has 0 spiro atoms. The van der Waals surface area contributed by atoms with Gasteiger partial charge in [-0.1, -0.05) is 0 Å². The lowest BCUT2D eigenvalue weighted by Gasteiger charge is -2.20. The van der Waals surface area contributed by atoms with Crippen molar-refractivity contribution in [1.82, 2.24) is 10.3 Å². The highest BCUT2D eigenvalue weighted by molar-refractivity contribution is 9.11. The van der Waals surface area contributed by atoms with E-state index in [1.165, 1.54) is 17.7 Å². The lowest BCUT2D eigenvalue weighted by atomic mass is 9.97. The quantitative estimate of drug-likeness (QED) is 0.824. The van der Waals surface area contributed by atoms with Gasteiger partial charge in [-0.25, -0.2) is 4.98 Å². The van der Waals surface area contributed by atoms with E-state index in [4.69, 9.17) is 0 Å². The van der Waals surface area contributed by atoms with Crippen LogP contribution in [-0.4, -0.2) is 18.1 Å². The van der Waals surface area contributed by atoms with Crippen LogP contribution in [0.5, 0.6) is 0 Å². The van der Waals surface area contributed by atoms with Crippen molar-refractivity contribution in [2.75, 3.05) is 13.1 Å². The average Bonchev–Trinajstić information content (AvgIpc) is 2.54. The molecular weight excluding hydrogens is 236 g/mol. The molecule has 0 saturated carbocycles. The van der Waals surface area contributed by atoms with Gasteiger partial charge in [-0.2, -0.15) is 0 Å². The standard InChI is InChI=1S/C8H11BrN2S/c9-8-11-5-7(12-8)6-1-3-10-4-2-6/h5-6,10H,1-4H2. The molecule has 1 N–H and O–H groups in total. The minimum atomic E-state index is 0.745. The Morgan fingerprint density at radius 3 is 2.83 bits per heavy atom. The average molecular weight is 247 g/mol. The molecule has 2 heterocycles. The maximum Gasteiger partial charge on any atom is 0.159 e. The highest BCUT2D eigenvalue weighted by atomic mass is 79.9. The number of halogens is 1. The number of thiazole rings is 1. The Kier molecular flexibility index (Phi) is 2.78. The zero-order valence-corrected chi connectivity index (χ0v) is 9.12. The van der Waals surface area contributed by atoms with Crippen molar-refractivity contribution >= 4 is 27.3 Å². The predicted octanol–water partition coefficient (Wildman–Crippen LogP) is 2.37. The van der Waals surface area contributed by atoms with Gasteiger partial charge < -0.3 is 5.32 Å². The van der Waals surface area contributed by atoms with Gasteiger partial charge in [-0.05, 0) is 47.8 Å². The molecule has 0 aromatic carbocycles. The summed E-state index contributed by atoms with van der Waals surface area (Å²) in [7, 11) is 0. The summed E-state index contributed by atoms with van der Waals surface area (Å²) in [6.07, 6.45) is 4.52. The monoisotopic (exact) mass is 246 g/mol. The Balaban J connectivity index is 2.08. The van der Waals surface area contributed by atoms with E-state index in [1.807, 2.05) is 6.20 Å². The van der Waals surface area contributed by atoms with Crippen LogP contribution >= 0.6 is 27.3 Å². The molecule has 0 unspecified atom stereocenters. The lowest BCUT2D eigenvalue weighted by molar-refractivity contribution is 0.465. The van der Waals surface area contributed by atoms with Crippen LogP contribution in [0.2, 0.25) is 0 Å². The first-order chi connectivity index (χ1) is 5.86. The Hall–Kier alpha value is 0.0700. The van der Waals surface area contributed by atoms with E-state index in [9.17, 15) is 0 Å². The summed E-state index contributed by atoms with van der Waals surface area (Å²) < 4.78 is 1.01. The van der Waals surface area contributed by atoms with Crippen molar-refractivity contribution < 1.29 is 0 Å². The van der Waals surface area contributed by atoms with Gasteiger partial charge in [0.25, 0.3) is 0 Å². The van der Waals surface area contributed by atoms with Gasteiger partial charge in [0.2, 0.25) is 0 Å². The van der Waals surface area contributed by atoms with E-state index in [-0.39, 0.29) is 0 Å². The number of nitrogens with one attached hydrogen (secondary N) is 1. The number of hydrogen-bond donors (Lipinski definition) is 1. The van der Waals surface area contributed by atoms with Crippen molar-refractivity contribution in [3.05, 3.63) is 15.0 Å². The highest BCUT2D eigenvalue weighted by Crippen LogP contribution is 2.31. The molecular formula is C8H11BrN2S. The second-order valence-corrected chi connectivity index (χ2v) is 5.38. The molecule has 0 aliphatic carbocycles. The maximum atomic E-state index is 4.21. The largest absolute Gasteiger partial charge is 0.317 e. The van der Waals surface area contributed by atoms with Crippen molar-refractivity contribution in [3.63, 3.8) is 0 Å². The van der Waals surface area contributed by atoms with Crippen LogP contribution in [0.3, 0.4) is 0 Å². The minimum Gasteiger partial charge on any atom is -0.317 e. The zero-order valence-electron chi connectivity index (χ0n) is 6.72. The molecule has 0 atom stereocenters. The topological polar surface area (TPSA) is 24.9 Å². The van der Waals surface area contributed by atoms with Crippen molar-refractivity contribution in [3.8, 4) is 0 Å². The van der Waals surface area contributed by atoms with Gasteiger partial charge in [0.1, 0.15) is 0 Å². The summed E-state index contributed by atoms with van der Waals surface area (Å²) in [5.41, 5.74) is 0. The molecule has 66 valence electrons. The van der Waals surface area contributed by atoms with Crippen LogP contribution in [0.15, 0.2) is 10.1 Å². The van der Waals surface area contributed by atoms with E-state index in [1.54, 1.807) is 11.3 Å². The number of piperidine rings is 1. The summed E-state index contributed by atoms with van der Waals surface area (Å²) in [6.45, 7) is 2.31. The van der Waals surface area contributed by atoms with Crippen LogP contribution < -0.4 is 5.32 Å². The SMILES string of the molecule is Brc1ncc(C2CCNCC2)s1. The molecule has 1 aromatic heterocycles. The van der Waals surface area contributed by atoms with Crippen LogP contribution in [0, 0.1) is 0 Å². The second-order valence-electron chi connectivity index (χ2n) is 3.04. The maximum absolute atomic E-state index is 4.21. The van der Waals surface area contributed by atoms with Gasteiger partial charge in [0, 0.05) is 11.1 Å². The van der Waals surface area contributed by atoms with Gasteiger partial charge >= 0.3 is 0 Å². The second kappa shape index (κ2) is 3.85. The Morgan fingerprint density at radius 2 is 2.25 bits per heavy atom. The molecule has 0 bridgehead atoms. The number of hydrogen-bond acceptors (Lipinski definition) is 3. The molecule has 1 aliphatic rings. The third kappa shape index (κ3) is 1.87. The minimum absolute atomic E-state index is 0.745. The number of nitrogens with zero attached hydrogens (tertiary/aromatic N) is 1. The van der Waals surface area contributed by atoms with Crippen LogP contribution in [0.4, 0.5) is 0 Å². The van der Waals surface area contributed by atoms with E-state index >= 15 is 0 Å². The molecule has 2 nitrogen and oxygen atoms in total. The van der Waals surface area contributed by atoms with E-state index in [0.29, 0.717) is 0 Å². The normalized spacial score (nSPS) is 19.8. The molecule has 1 aromatic rings. The zero-order chi connectivity index (χ0) is 8.39. The fourth-order valence-electron chi connectivity index (χ4n) is 1.56. The van der Waals surface area contributed by atoms with Gasteiger partial charge in [-0.15, -0.1) is 11.3 Å². The van der Waals surface area contributed by atoms with Gasteiger partial charge in [0.15, 0.2) is 3.92 Å². The molecule has 12 heavy (non-hydrogen) atoms. The summed E-state index contributed by atoms with van der Waals surface area (Å²) in [5, 5.41) is 3.36. The summed E-state index contributed by atoms with van der Waals surface area (Å²) >= 11 is 5.16. The fraction of sp³-hybridized carbons (Fsp3) is 0.625. The number of rotatable bonds is 1. The van der Waals surface area contributed by atoms with Crippen LogP contribution in [-0.2, 0) is 0 Å². The molecule has 2 rings (SSSR count). The summed E-state index contributed by atoms with van der Waals surface area (Å²) in [4.78, 5) is 5.64. The molecule has 1 fully saturated rings. The summed E-state index contributed by atoms with van der Waals surface area (Å²) in [6, 6.07) is 0. The first-order valence-corrected chi connectivity index (χ1v) is 5.79. The van der Waals surface area contributed by atoms with E-state index in [2.05, 4.69) is 26.2 Å². The third-order valence-corrected chi connectivity index (χ3v) is 3.88. The Labute approximate surface area is 84.5 Å². The van der Waals surface area contributed by atoms with Gasteiger partial charge in [0.05, 0.1) is 0 Å². The van der Waals surface area contributed by atoms with Crippen LogP contribution in [0.1, 0.15) is 23.6 Å². The molecule has 0 amide bonds. The lowest BCUT2D eigenvalue weighted by Crippen LogP contribution is -2.26. The van der Waals surface area contributed by atoms with E-state index in [0.717, 1.165) is 22.9 Å². The highest BCUT2D eigenvalue weighted by Gasteiger charge is 2.16. The Morgan fingerprint density at radius 1 is 1.50 bits per heavy atom. The van der Waals surface area contributed by atoms with E-state index < -0.39 is 0 Å². The predicted molar refractivity (Wildman–Crippen MR) is 54.7 cm³/mol. The smallest absolute Gasteiger partial charge is 0.159 e. The molecule has 1 aliphatic heterocycles. The van der Waals surface area contributed by atoms with Crippen LogP contribution in [0.25, 0.3) is 0 Å². The van der Waals surface area contributed by atoms with Gasteiger partial charge in [-0.3, -0.25) is 0 Å². The first-order valence-electron chi connectivity index (χ1n) is 4.18. The first kappa shape index (κ1) is 8.66. The van der Waals surface area contributed by atoms with Crippen molar-refractivity contribution in [2.24, 2.45) is 0 Å². The Bertz CT molecular complexity index is 255. The van der Waals surface area contributed by atoms with Crippen molar-refractivity contribution in [2.45, 2.75) is 18.8 Å². The summed E-state index contributed by atoms with van der Waals surface area (Å²) in [5.74, 6) is 0.745. The third-order valence-electron chi connectivity index (χ3n) is 2.24. The molecule has 0 radical (unpaired) electrons. The molecule has 1 saturated heterocycles. The number of aromatic nitrogens is 1.